The first kappa shape index (κ1) is 14.9. The molecule has 0 saturated heterocycles. The zero-order chi connectivity index (χ0) is 16.6. The second-order valence-corrected chi connectivity index (χ2v) is 5.38. The van der Waals surface area contributed by atoms with E-state index in [2.05, 4.69) is 14.7 Å². The lowest BCUT2D eigenvalue weighted by Gasteiger charge is -1.97. The number of H-pyrrole nitrogens is 1. The Kier molecular flexibility index (Phi) is 3.62. The minimum Gasteiger partial charge on any atom is -0.464 e. The van der Waals surface area contributed by atoms with Gasteiger partial charge in [-0.25, -0.2) is 9.78 Å². The maximum absolute atomic E-state index is 12.6. The van der Waals surface area contributed by atoms with Crippen molar-refractivity contribution >= 4 is 39.7 Å². The number of non-ortho nitro benzene ring substituents is 1. The van der Waals surface area contributed by atoms with Crippen molar-refractivity contribution in [2.75, 3.05) is 7.11 Å². The Bertz CT molecular complexity index is 943. The summed E-state index contributed by atoms with van der Waals surface area (Å²) in [6.45, 7) is 0. The maximum atomic E-state index is 12.6. The molecule has 1 aromatic carbocycles. The average Bonchev–Trinajstić information content (AvgIpc) is 3.20. The van der Waals surface area contributed by atoms with Gasteiger partial charge in [-0.1, -0.05) is 6.07 Å². The van der Waals surface area contributed by atoms with Crippen LogP contribution in [0.25, 0.3) is 10.9 Å². The number of nitrogens with zero attached hydrogens (tertiary/aromatic N) is 2. The van der Waals surface area contributed by atoms with Gasteiger partial charge in [0.1, 0.15) is 0 Å². The Balaban J connectivity index is 2.10. The van der Waals surface area contributed by atoms with Gasteiger partial charge in [-0.05, 0) is 6.07 Å². The molecule has 8 nitrogen and oxygen atoms in total. The molecule has 0 spiro atoms. The van der Waals surface area contributed by atoms with E-state index in [1.807, 2.05) is 0 Å². The van der Waals surface area contributed by atoms with Crippen LogP contribution in [0.2, 0.25) is 0 Å². The van der Waals surface area contributed by atoms with Gasteiger partial charge in [0.15, 0.2) is 10.7 Å². The van der Waals surface area contributed by atoms with Crippen LogP contribution >= 0.6 is 11.3 Å². The number of ketones is 1. The van der Waals surface area contributed by atoms with Crippen molar-refractivity contribution in [2.45, 2.75) is 0 Å². The Morgan fingerprint density at radius 1 is 1.39 bits per heavy atom. The van der Waals surface area contributed by atoms with Gasteiger partial charge in [0.2, 0.25) is 5.78 Å². The van der Waals surface area contributed by atoms with Crippen LogP contribution in [-0.4, -0.2) is 33.8 Å². The molecular formula is C14H9N3O5S. The highest BCUT2D eigenvalue weighted by molar-refractivity contribution is 7.12. The zero-order valence-corrected chi connectivity index (χ0v) is 12.5. The monoisotopic (exact) mass is 331 g/mol. The fraction of sp³-hybridized carbons (Fsp3) is 0.0714. The predicted octanol–water partition coefficient (Wildman–Crippen LogP) is 2.55. The van der Waals surface area contributed by atoms with Gasteiger partial charge in [-0.3, -0.25) is 14.9 Å². The molecule has 0 atom stereocenters. The molecule has 0 radical (unpaired) electrons. The number of nitro groups is 1. The Labute approximate surface area is 132 Å². The summed E-state index contributed by atoms with van der Waals surface area (Å²) in [7, 11) is 1.21. The van der Waals surface area contributed by atoms with Crippen LogP contribution < -0.4 is 0 Å². The molecule has 0 bridgehead atoms. The zero-order valence-electron chi connectivity index (χ0n) is 11.7. The number of aromatic nitrogens is 2. The maximum Gasteiger partial charge on any atom is 0.357 e. The third-order valence-corrected chi connectivity index (χ3v) is 4.06. The van der Waals surface area contributed by atoms with E-state index in [1.165, 1.54) is 30.8 Å². The number of nitrogens with one attached hydrogen (secondary N) is 1. The number of carbonyl (C=O) groups excluding carboxylic acids is 2. The molecule has 2 aromatic heterocycles. The van der Waals surface area contributed by atoms with E-state index in [4.69, 9.17) is 0 Å². The normalized spacial score (nSPS) is 10.7. The molecule has 3 rings (SSSR count). The molecule has 0 aliphatic heterocycles. The predicted molar refractivity (Wildman–Crippen MR) is 81.8 cm³/mol. The molecule has 9 heteroatoms. The minimum absolute atomic E-state index is 0.0233. The topological polar surface area (TPSA) is 115 Å². The molecule has 0 amide bonds. The summed E-state index contributed by atoms with van der Waals surface area (Å²) in [6.07, 6.45) is 1.40. The summed E-state index contributed by atoms with van der Waals surface area (Å²) in [6, 6.07) is 4.50. The average molecular weight is 331 g/mol. The van der Waals surface area contributed by atoms with Crippen LogP contribution in [0.15, 0.2) is 29.8 Å². The quantitative estimate of drug-likeness (QED) is 0.340. The fourth-order valence-electron chi connectivity index (χ4n) is 2.19. The SMILES string of the molecule is COC(=O)c1csc(C(=O)c2c[nH]c3cccc([N+](=O)[O-])c23)n1. The van der Waals surface area contributed by atoms with Crippen molar-refractivity contribution in [3.63, 3.8) is 0 Å². The molecule has 0 unspecified atom stereocenters. The minimum atomic E-state index is -0.648. The van der Waals surface area contributed by atoms with E-state index in [1.54, 1.807) is 6.07 Å². The number of thiazole rings is 1. The molecule has 0 fully saturated rings. The highest BCUT2D eigenvalue weighted by Crippen LogP contribution is 2.30. The third-order valence-electron chi connectivity index (χ3n) is 3.22. The van der Waals surface area contributed by atoms with Crippen molar-refractivity contribution < 1.29 is 19.2 Å². The van der Waals surface area contributed by atoms with E-state index < -0.39 is 16.7 Å². The Morgan fingerprint density at radius 3 is 2.87 bits per heavy atom. The number of ether oxygens (including phenoxy) is 1. The summed E-state index contributed by atoms with van der Waals surface area (Å²) >= 11 is 0.977. The fourth-order valence-corrected chi connectivity index (χ4v) is 2.93. The summed E-state index contributed by atoms with van der Waals surface area (Å²) in [4.78, 5) is 41.4. The summed E-state index contributed by atoms with van der Waals surface area (Å²) in [5.41, 5.74) is 0.470. The molecular weight excluding hydrogens is 322 g/mol. The van der Waals surface area contributed by atoms with Crippen molar-refractivity contribution in [3.8, 4) is 0 Å². The largest absolute Gasteiger partial charge is 0.464 e. The van der Waals surface area contributed by atoms with Gasteiger partial charge < -0.3 is 9.72 Å². The smallest absolute Gasteiger partial charge is 0.357 e. The number of benzene rings is 1. The molecule has 0 saturated carbocycles. The summed E-state index contributed by atoms with van der Waals surface area (Å²) < 4.78 is 4.54. The van der Waals surface area contributed by atoms with Gasteiger partial charge in [0, 0.05) is 17.6 Å². The van der Waals surface area contributed by atoms with E-state index >= 15 is 0 Å². The van der Waals surface area contributed by atoms with Crippen molar-refractivity contribution in [1.29, 1.82) is 0 Å². The number of methoxy groups -OCH3 is 1. The lowest BCUT2D eigenvalue weighted by atomic mass is 10.1. The first-order chi connectivity index (χ1) is 11.0. The lowest BCUT2D eigenvalue weighted by Crippen LogP contribution is -2.05. The Morgan fingerprint density at radius 2 is 2.17 bits per heavy atom. The van der Waals surface area contributed by atoms with Gasteiger partial charge >= 0.3 is 5.97 Å². The molecule has 0 aliphatic rings. The summed E-state index contributed by atoms with van der Waals surface area (Å²) in [5.74, 6) is -1.14. The summed E-state index contributed by atoms with van der Waals surface area (Å²) in [5, 5.41) is 12.8. The first-order valence-corrected chi connectivity index (χ1v) is 7.24. The molecule has 0 aliphatic carbocycles. The highest BCUT2D eigenvalue weighted by Gasteiger charge is 2.24. The van der Waals surface area contributed by atoms with Crippen LogP contribution in [0.5, 0.6) is 0 Å². The van der Waals surface area contributed by atoms with Crippen molar-refractivity contribution in [2.24, 2.45) is 0 Å². The number of aromatic amines is 1. The molecule has 2 heterocycles. The highest BCUT2D eigenvalue weighted by atomic mass is 32.1. The second-order valence-electron chi connectivity index (χ2n) is 4.52. The lowest BCUT2D eigenvalue weighted by molar-refractivity contribution is -0.383. The molecule has 1 N–H and O–H groups in total. The number of esters is 1. The van der Waals surface area contributed by atoms with Crippen LogP contribution in [0.3, 0.4) is 0 Å². The second kappa shape index (κ2) is 5.61. The van der Waals surface area contributed by atoms with Gasteiger partial charge in [-0.2, -0.15) is 0 Å². The third kappa shape index (κ3) is 2.46. The van der Waals surface area contributed by atoms with E-state index in [-0.39, 0.29) is 27.3 Å². The number of rotatable bonds is 4. The van der Waals surface area contributed by atoms with E-state index in [0.717, 1.165) is 11.3 Å². The number of nitro benzene ring substituents is 1. The van der Waals surface area contributed by atoms with Crippen molar-refractivity contribution in [1.82, 2.24) is 9.97 Å². The number of hydrogen-bond donors (Lipinski definition) is 1. The van der Waals surface area contributed by atoms with E-state index in [0.29, 0.717) is 5.52 Å². The number of carbonyl (C=O) groups is 2. The molecule has 3 aromatic rings. The van der Waals surface area contributed by atoms with Crippen LogP contribution in [0.4, 0.5) is 5.69 Å². The van der Waals surface area contributed by atoms with Crippen LogP contribution in [0, 0.1) is 10.1 Å². The Hall–Kier alpha value is -3.07. The molecule has 23 heavy (non-hydrogen) atoms. The molecule has 116 valence electrons. The van der Waals surface area contributed by atoms with Crippen molar-refractivity contribution in [3.05, 3.63) is 56.2 Å². The first-order valence-electron chi connectivity index (χ1n) is 6.36. The van der Waals surface area contributed by atoms with Gasteiger partial charge in [-0.15, -0.1) is 11.3 Å². The van der Waals surface area contributed by atoms with Crippen LogP contribution in [-0.2, 0) is 4.74 Å². The van der Waals surface area contributed by atoms with E-state index in [9.17, 15) is 19.7 Å². The number of hydrogen-bond acceptors (Lipinski definition) is 7. The van der Waals surface area contributed by atoms with Gasteiger partial charge in [0.25, 0.3) is 5.69 Å². The standard InChI is InChI=1S/C14H9N3O5S/c1-22-14(19)9-6-23-13(16-9)12(18)7-5-15-8-3-2-4-10(11(7)8)17(20)21/h2-6,15H,1H3. The van der Waals surface area contributed by atoms with Crippen LogP contribution in [0.1, 0.15) is 25.9 Å². The number of fused-ring (bicyclic) bond motifs is 1. The van der Waals surface area contributed by atoms with Gasteiger partial charge in [0.05, 0.1) is 28.5 Å².